The highest BCUT2D eigenvalue weighted by Crippen LogP contribution is 2.49. The van der Waals surface area contributed by atoms with Gasteiger partial charge in [-0.2, -0.15) is 0 Å². The summed E-state index contributed by atoms with van der Waals surface area (Å²) in [5.74, 6) is 1.59. The number of halogens is 1. The molecule has 0 radical (unpaired) electrons. The van der Waals surface area contributed by atoms with Crippen molar-refractivity contribution in [3.05, 3.63) is 46.6 Å². The van der Waals surface area contributed by atoms with Crippen LogP contribution in [0, 0.1) is 5.41 Å². The second-order valence-corrected chi connectivity index (χ2v) is 8.42. The van der Waals surface area contributed by atoms with Gasteiger partial charge in [0.25, 0.3) is 0 Å². The molecule has 6 nitrogen and oxygen atoms in total. The lowest BCUT2D eigenvalue weighted by Crippen LogP contribution is -2.42. The molecule has 27 heavy (non-hydrogen) atoms. The Morgan fingerprint density at radius 2 is 2.11 bits per heavy atom. The van der Waals surface area contributed by atoms with Crippen LogP contribution < -0.4 is 0 Å². The molecule has 1 aromatic carbocycles. The van der Waals surface area contributed by atoms with Crippen molar-refractivity contribution in [2.24, 2.45) is 5.41 Å². The predicted octanol–water partition coefficient (Wildman–Crippen LogP) is 3.18. The minimum atomic E-state index is 0.196. The third-order valence-electron chi connectivity index (χ3n) is 6.04. The van der Waals surface area contributed by atoms with Crippen LogP contribution in [0.2, 0.25) is 5.02 Å². The molecule has 2 aromatic rings. The number of ether oxygens (including phenoxy) is 1. The molecule has 2 aliphatic heterocycles. The van der Waals surface area contributed by atoms with E-state index in [1.165, 1.54) is 5.56 Å². The highest BCUT2D eigenvalue weighted by molar-refractivity contribution is 6.30. The number of methoxy groups -OCH3 is 1. The standard InChI is InChI=1S/C20H27ClN4O2/c1-24-8-6-20(7-9-24)14-25(11-15-4-3-5-16(21)10-15)12-17(20)19-23-22-18(27-19)13-26-2/h3-5,10,17H,6-9,11-14H2,1-2H3. The number of hydrogen-bond donors (Lipinski definition) is 0. The van der Waals surface area contributed by atoms with Crippen molar-refractivity contribution in [2.45, 2.75) is 31.9 Å². The van der Waals surface area contributed by atoms with E-state index in [4.69, 9.17) is 20.8 Å². The van der Waals surface area contributed by atoms with Gasteiger partial charge < -0.3 is 14.1 Å². The number of nitrogens with zero attached hydrogens (tertiary/aromatic N) is 4. The van der Waals surface area contributed by atoms with E-state index in [1.54, 1.807) is 7.11 Å². The third kappa shape index (κ3) is 4.04. The Bertz CT molecular complexity index is 773. The molecule has 4 rings (SSSR count). The number of piperidine rings is 1. The van der Waals surface area contributed by atoms with Gasteiger partial charge in [-0.15, -0.1) is 10.2 Å². The maximum Gasteiger partial charge on any atom is 0.242 e. The van der Waals surface area contributed by atoms with Crippen LogP contribution in [-0.2, 0) is 17.9 Å². The highest BCUT2D eigenvalue weighted by Gasteiger charge is 2.50. The van der Waals surface area contributed by atoms with Crippen molar-refractivity contribution in [3.63, 3.8) is 0 Å². The van der Waals surface area contributed by atoms with Gasteiger partial charge in [0.15, 0.2) is 0 Å². The fourth-order valence-corrected chi connectivity index (χ4v) is 4.80. The Labute approximate surface area is 165 Å². The van der Waals surface area contributed by atoms with Gasteiger partial charge in [-0.25, -0.2) is 0 Å². The summed E-state index contributed by atoms with van der Waals surface area (Å²) < 4.78 is 11.1. The lowest BCUT2D eigenvalue weighted by Gasteiger charge is -2.40. The van der Waals surface area contributed by atoms with Gasteiger partial charge in [-0.05, 0) is 56.1 Å². The van der Waals surface area contributed by atoms with Gasteiger partial charge in [0.2, 0.25) is 11.8 Å². The zero-order valence-electron chi connectivity index (χ0n) is 16.0. The summed E-state index contributed by atoms with van der Waals surface area (Å²) in [7, 11) is 3.84. The molecule has 2 fully saturated rings. The van der Waals surface area contributed by atoms with Gasteiger partial charge in [-0.1, -0.05) is 23.7 Å². The van der Waals surface area contributed by atoms with Crippen LogP contribution in [0.5, 0.6) is 0 Å². The molecular weight excluding hydrogens is 364 g/mol. The van der Waals surface area contributed by atoms with Crippen LogP contribution in [0.25, 0.3) is 0 Å². The molecule has 146 valence electrons. The second kappa shape index (κ2) is 7.87. The summed E-state index contributed by atoms with van der Waals surface area (Å²) in [6.07, 6.45) is 2.31. The number of rotatable bonds is 5. The molecular formula is C20H27ClN4O2. The molecule has 1 atom stereocenters. The molecule has 0 saturated carbocycles. The minimum absolute atomic E-state index is 0.196. The van der Waals surface area contributed by atoms with Crippen molar-refractivity contribution in [2.75, 3.05) is 40.3 Å². The summed E-state index contributed by atoms with van der Waals surface area (Å²) in [6.45, 7) is 5.47. The zero-order chi connectivity index (χ0) is 18.9. The van der Waals surface area contributed by atoms with Crippen molar-refractivity contribution >= 4 is 11.6 Å². The van der Waals surface area contributed by atoms with Gasteiger partial charge in [0.05, 0.1) is 5.92 Å². The van der Waals surface area contributed by atoms with Crippen molar-refractivity contribution < 1.29 is 9.15 Å². The topological polar surface area (TPSA) is 54.6 Å². The molecule has 3 heterocycles. The van der Waals surface area contributed by atoms with Crippen molar-refractivity contribution in [1.82, 2.24) is 20.0 Å². The maximum atomic E-state index is 6.18. The van der Waals surface area contributed by atoms with Crippen LogP contribution in [-0.4, -0.2) is 60.3 Å². The molecule has 1 unspecified atom stereocenters. The smallest absolute Gasteiger partial charge is 0.242 e. The number of aromatic nitrogens is 2. The average molecular weight is 391 g/mol. The SMILES string of the molecule is COCc1nnc(C2CN(Cc3cccc(Cl)c3)CC23CCN(C)CC3)o1. The van der Waals surface area contributed by atoms with E-state index in [2.05, 4.69) is 39.2 Å². The van der Waals surface area contributed by atoms with Crippen molar-refractivity contribution in [3.8, 4) is 0 Å². The van der Waals surface area contributed by atoms with E-state index < -0.39 is 0 Å². The average Bonchev–Trinajstić information content (AvgIpc) is 3.23. The summed E-state index contributed by atoms with van der Waals surface area (Å²) >= 11 is 6.18. The van der Waals surface area contributed by atoms with Crippen LogP contribution >= 0.6 is 11.6 Å². The number of likely N-dealkylation sites (tertiary alicyclic amines) is 2. The normalized spacial score (nSPS) is 23.3. The van der Waals surface area contributed by atoms with Crippen LogP contribution in [0.1, 0.15) is 36.1 Å². The van der Waals surface area contributed by atoms with Crippen molar-refractivity contribution in [1.29, 1.82) is 0 Å². The van der Waals surface area contributed by atoms with Crippen LogP contribution in [0.3, 0.4) is 0 Å². The first kappa shape index (κ1) is 18.9. The first-order valence-electron chi connectivity index (χ1n) is 9.54. The van der Waals surface area contributed by atoms with E-state index in [-0.39, 0.29) is 11.3 Å². The number of benzene rings is 1. The lowest BCUT2D eigenvalue weighted by molar-refractivity contribution is 0.103. The molecule has 0 bridgehead atoms. The van der Waals surface area contributed by atoms with Crippen LogP contribution in [0.4, 0.5) is 0 Å². The molecule has 0 amide bonds. The Morgan fingerprint density at radius 1 is 1.30 bits per heavy atom. The number of hydrogen-bond acceptors (Lipinski definition) is 6. The van der Waals surface area contributed by atoms with Gasteiger partial charge in [0, 0.05) is 31.8 Å². The van der Waals surface area contributed by atoms with Gasteiger partial charge in [-0.3, -0.25) is 4.90 Å². The quantitative estimate of drug-likeness (QED) is 0.781. The maximum absolute atomic E-state index is 6.18. The lowest BCUT2D eigenvalue weighted by atomic mass is 9.71. The van der Waals surface area contributed by atoms with E-state index in [0.717, 1.165) is 56.5 Å². The van der Waals surface area contributed by atoms with E-state index in [9.17, 15) is 0 Å². The fraction of sp³-hybridized carbons (Fsp3) is 0.600. The Morgan fingerprint density at radius 3 is 2.85 bits per heavy atom. The summed E-state index contributed by atoms with van der Waals surface area (Å²) in [5, 5.41) is 9.35. The molecule has 1 aromatic heterocycles. The Kier molecular flexibility index (Phi) is 5.50. The minimum Gasteiger partial charge on any atom is -0.422 e. The van der Waals surface area contributed by atoms with E-state index >= 15 is 0 Å². The first-order chi connectivity index (χ1) is 13.1. The van der Waals surface area contributed by atoms with Gasteiger partial charge in [0.1, 0.15) is 6.61 Å². The Hall–Kier alpha value is -1.47. The zero-order valence-corrected chi connectivity index (χ0v) is 16.8. The predicted molar refractivity (Wildman–Crippen MR) is 104 cm³/mol. The third-order valence-corrected chi connectivity index (χ3v) is 6.28. The Balaban J connectivity index is 1.56. The summed E-state index contributed by atoms with van der Waals surface area (Å²) in [6, 6.07) is 8.14. The molecule has 7 heteroatoms. The molecule has 1 spiro atoms. The first-order valence-corrected chi connectivity index (χ1v) is 9.92. The fourth-order valence-electron chi connectivity index (χ4n) is 4.59. The van der Waals surface area contributed by atoms with E-state index in [0.29, 0.717) is 12.5 Å². The molecule has 0 aliphatic carbocycles. The van der Waals surface area contributed by atoms with Crippen LogP contribution in [0.15, 0.2) is 28.7 Å². The van der Waals surface area contributed by atoms with Gasteiger partial charge >= 0.3 is 0 Å². The molecule has 2 saturated heterocycles. The highest BCUT2D eigenvalue weighted by atomic mass is 35.5. The largest absolute Gasteiger partial charge is 0.422 e. The summed E-state index contributed by atoms with van der Waals surface area (Å²) in [5.41, 5.74) is 1.44. The molecule has 0 N–H and O–H groups in total. The molecule has 2 aliphatic rings. The second-order valence-electron chi connectivity index (χ2n) is 7.98. The monoisotopic (exact) mass is 390 g/mol. The summed E-state index contributed by atoms with van der Waals surface area (Å²) in [4.78, 5) is 4.92. The van der Waals surface area contributed by atoms with E-state index in [1.807, 2.05) is 12.1 Å².